The quantitative estimate of drug-likeness (QED) is 0.388. The molecule has 1 aliphatic rings. The van der Waals surface area contributed by atoms with Gasteiger partial charge in [0, 0.05) is 35.6 Å². The number of hydrogen-bond donors (Lipinski definition) is 2. The van der Waals surface area contributed by atoms with Crippen molar-refractivity contribution in [2.75, 3.05) is 25.5 Å². The van der Waals surface area contributed by atoms with E-state index >= 15 is 4.39 Å². The summed E-state index contributed by atoms with van der Waals surface area (Å²) in [5, 5.41) is 7.97. The summed E-state index contributed by atoms with van der Waals surface area (Å²) in [6, 6.07) is 7.03. The molecule has 0 saturated carbocycles. The zero-order chi connectivity index (χ0) is 28.0. The van der Waals surface area contributed by atoms with Gasteiger partial charge in [-0.15, -0.1) is 11.3 Å². The predicted octanol–water partition coefficient (Wildman–Crippen LogP) is 3.57. The number of anilines is 1. The Morgan fingerprint density at radius 1 is 1.34 bits per heavy atom. The standard InChI is InChI=1S/C23H25ClFN5O3S2.CH2O2/c1-15(20-6-7-21(24)34-20)14-35(32,33)27-18-8-10-30(23(18)31)19-5-4-16(12-17(19)25)29-11-9-26-22(29)13-28(2)3;2-1-3/h4-7,9,11-12,14,18,27H,8,10,13H2,1-3H3;1H,(H,2,3)/t18-;/m0./s1. The van der Waals surface area contributed by atoms with Gasteiger partial charge in [0.2, 0.25) is 15.9 Å². The number of rotatable bonds is 8. The molecule has 4 rings (SSSR count). The highest BCUT2D eigenvalue weighted by atomic mass is 35.5. The lowest BCUT2D eigenvalue weighted by Gasteiger charge is -2.19. The molecule has 2 N–H and O–H groups in total. The van der Waals surface area contributed by atoms with Crippen molar-refractivity contribution in [3.05, 3.63) is 69.0 Å². The smallest absolute Gasteiger partial charge is 0.290 e. The van der Waals surface area contributed by atoms with Gasteiger partial charge >= 0.3 is 0 Å². The molecule has 3 heterocycles. The van der Waals surface area contributed by atoms with Crippen LogP contribution >= 0.6 is 22.9 Å². The normalized spacial score (nSPS) is 16.1. The molecular formula is C24H27ClFN5O5S2. The third-order valence-electron chi connectivity index (χ3n) is 5.48. The fourth-order valence-corrected chi connectivity index (χ4v) is 6.28. The third kappa shape index (κ3) is 7.26. The molecule has 1 fully saturated rings. The second kappa shape index (κ2) is 12.6. The molecule has 38 heavy (non-hydrogen) atoms. The number of benzene rings is 1. The summed E-state index contributed by atoms with van der Waals surface area (Å²) in [5.41, 5.74) is 1.19. The van der Waals surface area contributed by atoms with Crippen molar-refractivity contribution in [1.29, 1.82) is 0 Å². The topological polar surface area (TPSA) is 125 Å². The fraction of sp³-hybridized carbons (Fsp3) is 0.292. The lowest BCUT2D eigenvalue weighted by atomic mass is 10.2. The van der Waals surface area contributed by atoms with Crippen LogP contribution in [0, 0.1) is 5.82 Å². The summed E-state index contributed by atoms with van der Waals surface area (Å²) in [6.45, 7) is 2.18. The van der Waals surface area contributed by atoms with E-state index in [4.69, 9.17) is 21.5 Å². The summed E-state index contributed by atoms with van der Waals surface area (Å²) < 4.78 is 45.1. The number of nitrogens with one attached hydrogen (secondary N) is 1. The second-order valence-electron chi connectivity index (χ2n) is 8.59. The van der Waals surface area contributed by atoms with Gasteiger partial charge in [0.1, 0.15) is 17.7 Å². The minimum atomic E-state index is -3.91. The van der Waals surface area contributed by atoms with E-state index in [1.165, 1.54) is 28.4 Å². The van der Waals surface area contributed by atoms with Crippen molar-refractivity contribution >= 4 is 56.6 Å². The van der Waals surface area contributed by atoms with Crippen molar-refractivity contribution in [2.45, 2.75) is 25.9 Å². The highest BCUT2D eigenvalue weighted by Gasteiger charge is 2.36. The molecule has 0 aliphatic carbocycles. The molecule has 3 aromatic rings. The largest absolute Gasteiger partial charge is 0.483 e. The van der Waals surface area contributed by atoms with E-state index in [-0.39, 0.29) is 25.1 Å². The third-order valence-corrected chi connectivity index (χ3v) is 8.12. The molecule has 2 aromatic heterocycles. The van der Waals surface area contributed by atoms with Gasteiger partial charge in [-0.05, 0) is 57.3 Å². The molecule has 1 aromatic carbocycles. The van der Waals surface area contributed by atoms with Crippen LogP contribution in [0.3, 0.4) is 0 Å². The summed E-state index contributed by atoms with van der Waals surface area (Å²) in [6.07, 6.45) is 3.62. The number of halogens is 2. The van der Waals surface area contributed by atoms with Gasteiger partial charge in [-0.2, -0.15) is 4.72 Å². The molecule has 1 amide bonds. The first-order chi connectivity index (χ1) is 18.0. The van der Waals surface area contributed by atoms with E-state index in [1.54, 1.807) is 42.1 Å². The van der Waals surface area contributed by atoms with Crippen LogP contribution in [0.4, 0.5) is 10.1 Å². The minimum Gasteiger partial charge on any atom is -0.483 e. The van der Waals surface area contributed by atoms with Crippen LogP contribution in [0.15, 0.2) is 48.1 Å². The number of amides is 1. The Morgan fingerprint density at radius 3 is 2.66 bits per heavy atom. The van der Waals surface area contributed by atoms with Gasteiger partial charge in [-0.25, -0.2) is 17.8 Å². The SMILES string of the molecule is CC(=CS(=O)(=O)N[C@H]1CCN(c2ccc(-n3ccnc3CN(C)C)cc2F)C1=O)c1ccc(Cl)s1.O=CO. The maximum Gasteiger partial charge on any atom is 0.290 e. The monoisotopic (exact) mass is 583 g/mol. The van der Waals surface area contributed by atoms with Crippen molar-refractivity contribution < 1.29 is 27.5 Å². The van der Waals surface area contributed by atoms with Crippen molar-refractivity contribution in [3.63, 3.8) is 0 Å². The van der Waals surface area contributed by atoms with Gasteiger partial charge in [0.15, 0.2) is 0 Å². The van der Waals surface area contributed by atoms with E-state index in [1.807, 2.05) is 19.0 Å². The van der Waals surface area contributed by atoms with Crippen LogP contribution in [-0.4, -0.2) is 67.0 Å². The summed E-state index contributed by atoms with van der Waals surface area (Å²) in [7, 11) is -0.0711. The number of hydrogen-bond acceptors (Lipinski definition) is 7. The van der Waals surface area contributed by atoms with Crippen molar-refractivity contribution in [1.82, 2.24) is 19.2 Å². The molecule has 204 valence electrons. The first-order valence-corrected chi connectivity index (χ1v) is 14.0. The van der Waals surface area contributed by atoms with Crippen LogP contribution in [0.1, 0.15) is 24.0 Å². The first-order valence-electron chi connectivity index (χ1n) is 11.3. The average Bonchev–Trinajstić information content (AvgIpc) is 3.55. The summed E-state index contributed by atoms with van der Waals surface area (Å²) >= 11 is 7.19. The van der Waals surface area contributed by atoms with E-state index in [9.17, 15) is 13.2 Å². The second-order valence-corrected chi connectivity index (χ2v) is 11.9. The molecule has 10 nitrogen and oxygen atoms in total. The van der Waals surface area contributed by atoms with E-state index in [0.717, 1.165) is 11.2 Å². The maximum absolute atomic E-state index is 15.1. The zero-order valence-electron chi connectivity index (χ0n) is 20.8. The van der Waals surface area contributed by atoms with Crippen LogP contribution in [0.25, 0.3) is 11.3 Å². The molecule has 1 aliphatic heterocycles. The van der Waals surface area contributed by atoms with E-state index in [0.29, 0.717) is 27.0 Å². The van der Waals surface area contributed by atoms with E-state index in [2.05, 4.69) is 9.71 Å². The Morgan fingerprint density at radius 2 is 2.05 bits per heavy atom. The fourth-order valence-electron chi connectivity index (χ4n) is 3.91. The Labute approximate surface area is 229 Å². The summed E-state index contributed by atoms with van der Waals surface area (Å²) in [4.78, 5) is 29.6. The van der Waals surface area contributed by atoms with Gasteiger partial charge in [0.05, 0.1) is 22.0 Å². The van der Waals surface area contributed by atoms with Crippen LogP contribution in [0.5, 0.6) is 0 Å². The zero-order valence-corrected chi connectivity index (χ0v) is 23.2. The molecular weight excluding hydrogens is 557 g/mol. The Balaban J connectivity index is 0.00000127. The lowest BCUT2D eigenvalue weighted by Crippen LogP contribution is -2.41. The Hall–Kier alpha value is -3.10. The molecule has 0 unspecified atom stereocenters. The van der Waals surface area contributed by atoms with Crippen LogP contribution in [-0.2, 0) is 26.2 Å². The number of nitrogens with zero attached hydrogens (tertiary/aromatic N) is 4. The number of thiophene rings is 1. The summed E-state index contributed by atoms with van der Waals surface area (Å²) in [5.74, 6) is -0.322. The first kappa shape index (κ1) is 29.5. The maximum atomic E-state index is 15.1. The van der Waals surface area contributed by atoms with Gasteiger partial charge in [-0.1, -0.05) is 11.6 Å². The predicted molar refractivity (Wildman–Crippen MR) is 145 cm³/mol. The highest BCUT2D eigenvalue weighted by Crippen LogP contribution is 2.29. The van der Waals surface area contributed by atoms with Crippen molar-refractivity contribution in [3.8, 4) is 5.69 Å². The molecule has 1 saturated heterocycles. The number of aromatic nitrogens is 2. The highest BCUT2D eigenvalue weighted by molar-refractivity contribution is 7.92. The van der Waals surface area contributed by atoms with E-state index < -0.39 is 27.8 Å². The Kier molecular flexibility index (Phi) is 9.79. The van der Waals surface area contributed by atoms with Gasteiger partial charge in [0.25, 0.3) is 6.47 Å². The van der Waals surface area contributed by atoms with Crippen LogP contribution in [0.2, 0.25) is 4.34 Å². The number of imidazole rings is 1. The molecule has 0 bridgehead atoms. The Bertz CT molecular complexity index is 1440. The van der Waals surface area contributed by atoms with Gasteiger partial charge < -0.3 is 19.5 Å². The van der Waals surface area contributed by atoms with Gasteiger partial charge in [-0.3, -0.25) is 9.59 Å². The van der Waals surface area contributed by atoms with Crippen molar-refractivity contribution in [2.24, 2.45) is 0 Å². The number of carbonyl (C=O) groups is 2. The molecule has 0 spiro atoms. The lowest BCUT2D eigenvalue weighted by molar-refractivity contribution is -0.123. The molecule has 14 heteroatoms. The number of sulfonamides is 1. The minimum absolute atomic E-state index is 0.106. The molecule has 0 radical (unpaired) electrons. The van der Waals surface area contributed by atoms with Crippen LogP contribution < -0.4 is 9.62 Å². The number of carbonyl (C=O) groups excluding carboxylic acids is 1. The average molecular weight is 584 g/mol. The number of allylic oxidation sites excluding steroid dienone is 1. The number of carboxylic acid groups (broad SMARTS) is 1. The molecule has 1 atom stereocenters.